The smallest absolute Gasteiger partial charge is 0.265 e. The summed E-state index contributed by atoms with van der Waals surface area (Å²) in [6.45, 7) is 0. The van der Waals surface area contributed by atoms with E-state index >= 15 is 0 Å². The molecule has 0 heterocycles. The van der Waals surface area contributed by atoms with E-state index in [1.54, 1.807) is 62.8 Å². The van der Waals surface area contributed by atoms with Gasteiger partial charge in [-0.15, -0.1) is 0 Å². The maximum Gasteiger partial charge on any atom is 0.265 e. The summed E-state index contributed by atoms with van der Waals surface area (Å²) in [4.78, 5) is 19.1. The highest BCUT2D eigenvalue weighted by Crippen LogP contribution is 2.31. The van der Waals surface area contributed by atoms with Crippen LogP contribution in [0.3, 0.4) is 0 Å². The van der Waals surface area contributed by atoms with Crippen molar-refractivity contribution < 1.29 is 14.3 Å². The molecule has 0 aliphatic heterocycles. The minimum absolute atomic E-state index is 0.325. The van der Waals surface area contributed by atoms with Gasteiger partial charge in [0.1, 0.15) is 23.5 Å². The first-order valence-corrected chi connectivity index (χ1v) is 8.92. The molecule has 6 heteroatoms. The third kappa shape index (κ3) is 4.15. The number of para-hydroxylation sites is 4. The lowest BCUT2D eigenvalue weighted by Gasteiger charge is -2.21. The highest BCUT2D eigenvalue weighted by atomic mass is 35.5. The first-order valence-electron chi connectivity index (χ1n) is 8.54. The average Bonchev–Trinajstić information content (AvgIpc) is 2.74. The lowest BCUT2D eigenvalue weighted by atomic mass is 10.2. The van der Waals surface area contributed by atoms with E-state index in [-0.39, 0.29) is 5.91 Å². The molecular weight excluding hydrogens is 376 g/mol. The number of amides is 1. The monoisotopic (exact) mass is 394 g/mol. The van der Waals surface area contributed by atoms with E-state index in [0.717, 1.165) is 0 Å². The van der Waals surface area contributed by atoms with Crippen molar-refractivity contribution in [3.8, 4) is 11.5 Å². The van der Waals surface area contributed by atoms with Crippen molar-refractivity contribution in [2.24, 2.45) is 4.99 Å². The van der Waals surface area contributed by atoms with Crippen LogP contribution in [-0.4, -0.2) is 26.5 Å². The molecule has 5 nitrogen and oxygen atoms in total. The van der Waals surface area contributed by atoms with E-state index in [1.165, 1.54) is 11.2 Å². The molecule has 0 saturated carbocycles. The number of benzene rings is 3. The summed E-state index contributed by atoms with van der Waals surface area (Å²) >= 11 is 6.25. The second-order valence-corrected chi connectivity index (χ2v) is 6.15. The van der Waals surface area contributed by atoms with Crippen molar-refractivity contribution >= 4 is 35.2 Å². The first kappa shape index (κ1) is 19.5. The molecule has 0 bridgehead atoms. The molecule has 3 rings (SSSR count). The Morgan fingerprint density at radius 2 is 1.50 bits per heavy atom. The summed E-state index contributed by atoms with van der Waals surface area (Å²) in [5, 5.41) is 0.359. The minimum Gasteiger partial charge on any atom is -0.495 e. The molecule has 3 aromatic carbocycles. The molecule has 1 amide bonds. The van der Waals surface area contributed by atoms with Gasteiger partial charge in [0, 0.05) is 0 Å². The van der Waals surface area contributed by atoms with Crippen molar-refractivity contribution in [1.82, 2.24) is 0 Å². The van der Waals surface area contributed by atoms with Crippen LogP contribution in [0, 0.1) is 0 Å². The Morgan fingerprint density at radius 1 is 0.893 bits per heavy atom. The molecule has 0 aromatic heterocycles. The standard InChI is InChI=1S/C22H19ClN2O3/c1-27-20-13-7-5-11-18(20)24-15-25(19-12-6-8-14-21(19)28-2)22(26)16-9-3-4-10-17(16)23/h3-15H,1-2H3. The van der Waals surface area contributed by atoms with Crippen molar-refractivity contribution in [1.29, 1.82) is 0 Å². The molecular formula is C22H19ClN2O3. The quantitative estimate of drug-likeness (QED) is 0.417. The topological polar surface area (TPSA) is 51.1 Å². The van der Waals surface area contributed by atoms with E-state index in [9.17, 15) is 4.79 Å². The molecule has 0 aliphatic rings. The number of nitrogens with zero attached hydrogens (tertiary/aromatic N) is 2. The molecule has 0 unspecified atom stereocenters. The highest BCUT2D eigenvalue weighted by molar-refractivity contribution is 6.35. The van der Waals surface area contributed by atoms with Crippen LogP contribution in [0.15, 0.2) is 77.8 Å². The third-order valence-electron chi connectivity index (χ3n) is 4.07. The zero-order chi connectivity index (χ0) is 19.9. The SMILES string of the molecule is COc1ccccc1N=CN(C(=O)c1ccccc1Cl)c1ccccc1OC. The predicted molar refractivity (Wildman–Crippen MR) is 112 cm³/mol. The number of ether oxygens (including phenoxy) is 2. The van der Waals surface area contributed by atoms with Gasteiger partial charge in [0.15, 0.2) is 0 Å². The van der Waals surface area contributed by atoms with Gasteiger partial charge in [-0.25, -0.2) is 4.99 Å². The minimum atomic E-state index is -0.325. The summed E-state index contributed by atoms with van der Waals surface area (Å²) in [5.74, 6) is 0.812. The fourth-order valence-electron chi connectivity index (χ4n) is 2.67. The summed E-state index contributed by atoms with van der Waals surface area (Å²) in [6.07, 6.45) is 1.45. The lowest BCUT2D eigenvalue weighted by molar-refractivity contribution is 0.100. The second kappa shape index (κ2) is 9.06. The van der Waals surface area contributed by atoms with Crippen LogP contribution in [0.2, 0.25) is 5.02 Å². The Bertz CT molecular complexity index is 1000. The molecule has 0 fully saturated rings. The van der Waals surface area contributed by atoms with Crippen LogP contribution in [0.4, 0.5) is 11.4 Å². The van der Waals surface area contributed by atoms with Crippen LogP contribution < -0.4 is 14.4 Å². The van der Waals surface area contributed by atoms with Gasteiger partial charge in [-0.1, -0.05) is 48.0 Å². The lowest BCUT2D eigenvalue weighted by Crippen LogP contribution is -2.30. The van der Waals surface area contributed by atoms with Crippen molar-refractivity contribution in [2.75, 3.05) is 19.1 Å². The maximum atomic E-state index is 13.3. The number of hydrogen-bond donors (Lipinski definition) is 0. The number of aliphatic imine (C=N–C) groups is 1. The number of carbonyl (C=O) groups excluding carboxylic acids is 1. The molecule has 3 aromatic rings. The van der Waals surface area contributed by atoms with Gasteiger partial charge in [0.2, 0.25) is 0 Å². The fourth-order valence-corrected chi connectivity index (χ4v) is 2.89. The summed E-state index contributed by atoms with van der Waals surface area (Å²) in [7, 11) is 3.12. The predicted octanol–water partition coefficient (Wildman–Crippen LogP) is 5.36. The molecule has 0 radical (unpaired) electrons. The zero-order valence-electron chi connectivity index (χ0n) is 15.5. The van der Waals surface area contributed by atoms with Gasteiger partial charge in [0.05, 0.1) is 30.5 Å². The third-order valence-corrected chi connectivity index (χ3v) is 4.39. The zero-order valence-corrected chi connectivity index (χ0v) is 16.3. The van der Waals surface area contributed by atoms with Gasteiger partial charge in [-0.2, -0.15) is 0 Å². The largest absolute Gasteiger partial charge is 0.495 e. The number of anilines is 1. The Morgan fingerprint density at radius 3 is 2.21 bits per heavy atom. The molecule has 0 aliphatic carbocycles. The molecule has 142 valence electrons. The Labute approximate surface area is 168 Å². The summed E-state index contributed by atoms with van der Waals surface area (Å²) in [6, 6.07) is 21.4. The van der Waals surface area contributed by atoms with E-state index in [4.69, 9.17) is 21.1 Å². The van der Waals surface area contributed by atoms with E-state index in [0.29, 0.717) is 33.5 Å². The van der Waals surface area contributed by atoms with Crippen molar-refractivity contribution in [3.05, 3.63) is 83.4 Å². The molecule has 0 saturated heterocycles. The first-order chi connectivity index (χ1) is 13.7. The van der Waals surface area contributed by atoms with Crippen LogP contribution in [0.25, 0.3) is 0 Å². The van der Waals surface area contributed by atoms with Crippen LogP contribution in [0.1, 0.15) is 10.4 Å². The maximum absolute atomic E-state index is 13.3. The summed E-state index contributed by atoms with van der Waals surface area (Å²) < 4.78 is 10.8. The van der Waals surface area contributed by atoms with Crippen LogP contribution in [0.5, 0.6) is 11.5 Å². The van der Waals surface area contributed by atoms with Gasteiger partial charge >= 0.3 is 0 Å². The number of halogens is 1. The average molecular weight is 395 g/mol. The Balaban J connectivity index is 2.08. The van der Waals surface area contributed by atoms with Gasteiger partial charge in [0.25, 0.3) is 5.91 Å². The molecule has 28 heavy (non-hydrogen) atoms. The Kier molecular flexibility index (Phi) is 6.29. The normalized spacial score (nSPS) is 10.7. The van der Waals surface area contributed by atoms with Gasteiger partial charge in [-0.3, -0.25) is 9.69 Å². The number of rotatable bonds is 6. The van der Waals surface area contributed by atoms with Gasteiger partial charge in [-0.05, 0) is 36.4 Å². The van der Waals surface area contributed by atoms with Crippen molar-refractivity contribution in [2.45, 2.75) is 0 Å². The van der Waals surface area contributed by atoms with Crippen molar-refractivity contribution in [3.63, 3.8) is 0 Å². The molecule has 0 N–H and O–H groups in total. The van der Waals surface area contributed by atoms with Crippen LogP contribution >= 0.6 is 11.6 Å². The summed E-state index contributed by atoms with van der Waals surface area (Å²) in [5.41, 5.74) is 1.51. The Hall–Kier alpha value is -3.31. The highest BCUT2D eigenvalue weighted by Gasteiger charge is 2.21. The second-order valence-electron chi connectivity index (χ2n) is 5.74. The van der Waals surface area contributed by atoms with Crippen LogP contribution in [-0.2, 0) is 0 Å². The van der Waals surface area contributed by atoms with Gasteiger partial charge < -0.3 is 9.47 Å². The van der Waals surface area contributed by atoms with E-state index in [2.05, 4.69) is 4.99 Å². The fraction of sp³-hybridized carbons (Fsp3) is 0.0909. The number of methoxy groups -OCH3 is 2. The van der Waals surface area contributed by atoms with E-state index < -0.39 is 0 Å². The molecule has 0 atom stereocenters. The van der Waals surface area contributed by atoms with E-state index in [1.807, 2.05) is 24.3 Å². The number of hydrogen-bond acceptors (Lipinski definition) is 4. The molecule has 0 spiro atoms. The number of carbonyl (C=O) groups is 1.